The maximum absolute atomic E-state index is 11.7. The minimum absolute atomic E-state index is 0.383. The standard InChI is InChI=1S/C26H29NO3/c1-26(2,3)30-25(28)27-17-16-20-12-14-22(15-13-20)23-10-7-11-24(18-23)29-19-21-8-5-4-6-9-21/h4-15,18H,16-17,19H2,1-3H3,(H,27,28). The topological polar surface area (TPSA) is 47.6 Å². The van der Waals surface area contributed by atoms with Crippen LogP contribution in [0.2, 0.25) is 0 Å². The summed E-state index contributed by atoms with van der Waals surface area (Å²) in [5, 5.41) is 2.79. The van der Waals surface area contributed by atoms with E-state index in [-0.39, 0.29) is 6.09 Å². The van der Waals surface area contributed by atoms with Crippen LogP contribution in [-0.2, 0) is 17.8 Å². The van der Waals surface area contributed by atoms with Crippen molar-refractivity contribution in [1.82, 2.24) is 5.32 Å². The Balaban J connectivity index is 1.53. The molecule has 0 radical (unpaired) electrons. The van der Waals surface area contributed by atoms with Crippen LogP contribution in [0.4, 0.5) is 4.79 Å². The SMILES string of the molecule is CC(C)(C)OC(=O)NCCc1ccc(-c2cccc(OCc3ccccc3)c2)cc1. The van der Waals surface area contributed by atoms with Gasteiger partial charge in [0, 0.05) is 6.54 Å². The number of benzene rings is 3. The first-order chi connectivity index (χ1) is 14.4. The second kappa shape index (κ2) is 9.97. The lowest BCUT2D eigenvalue weighted by Gasteiger charge is -2.19. The fourth-order valence-electron chi connectivity index (χ4n) is 2.99. The Hall–Kier alpha value is -3.27. The molecule has 3 rings (SSSR count). The Labute approximate surface area is 178 Å². The fourth-order valence-corrected chi connectivity index (χ4v) is 2.99. The van der Waals surface area contributed by atoms with Crippen molar-refractivity contribution < 1.29 is 14.3 Å². The maximum Gasteiger partial charge on any atom is 0.407 e. The minimum Gasteiger partial charge on any atom is -0.489 e. The zero-order chi connectivity index (χ0) is 21.4. The average molecular weight is 404 g/mol. The molecule has 156 valence electrons. The maximum atomic E-state index is 11.7. The van der Waals surface area contributed by atoms with Crippen molar-refractivity contribution in [2.24, 2.45) is 0 Å². The van der Waals surface area contributed by atoms with Crippen LogP contribution in [0.3, 0.4) is 0 Å². The van der Waals surface area contributed by atoms with Crippen LogP contribution in [0.25, 0.3) is 11.1 Å². The Kier molecular flexibility index (Phi) is 7.12. The minimum atomic E-state index is -0.481. The summed E-state index contributed by atoms with van der Waals surface area (Å²) in [5.74, 6) is 0.849. The summed E-state index contributed by atoms with van der Waals surface area (Å²) in [6.07, 6.45) is 0.367. The number of rotatable bonds is 7. The van der Waals surface area contributed by atoms with Gasteiger partial charge in [0.2, 0.25) is 0 Å². The van der Waals surface area contributed by atoms with Gasteiger partial charge in [0.1, 0.15) is 18.0 Å². The summed E-state index contributed by atoms with van der Waals surface area (Å²) in [5.41, 5.74) is 4.06. The number of carbonyl (C=O) groups excluding carboxylic acids is 1. The average Bonchev–Trinajstić information content (AvgIpc) is 2.72. The largest absolute Gasteiger partial charge is 0.489 e. The highest BCUT2D eigenvalue weighted by Gasteiger charge is 2.15. The van der Waals surface area contributed by atoms with Gasteiger partial charge in [0.05, 0.1) is 0 Å². The van der Waals surface area contributed by atoms with Crippen LogP contribution in [0.5, 0.6) is 5.75 Å². The number of carbonyl (C=O) groups is 1. The first-order valence-electron chi connectivity index (χ1n) is 10.2. The Bertz CT molecular complexity index is 944. The highest BCUT2D eigenvalue weighted by atomic mass is 16.6. The van der Waals surface area contributed by atoms with E-state index in [0.717, 1.165) is 34.4 Å². The van der Waals surface area contributed by atoms with E-state index in [0.29, 0.717) is 13.2 Å². The molecular weight excluding hydrogens is 374 g/mol. The van der Waals surface area contributed by atoms with Crippen LogP contribution >= 0.6 is 0 Å². The van der Waals surface area contributed by atoms with Crippen molar-refractivity contribution in [3.8, 4) is 16.9 Å². The molecule has 0 bridgehead atoms. The molecule has 0 aliphatic heterocycles. The highest BCUT2D eigenvalue weighted by molar-refractivity contribution is 5.67. The first kappa shape index (κ1) is 21.4. The zero-order valence-corrected chi connectivity index (χ0v) is 17.9. The van der Waals surface area contributed by atoms with Gasteiger partial charge in [-0.25, -0.2) is 4.79 Å². The third-order valence-electron chi connectivity index (χ3n) is 4.45. The summed E-state index contributed by atoms with van der Waals surface area (Å²) in [7, 11) is 0. The highest BCUT2D eigenvalue weighted by Crippen LogP contribution is 2.25. The van der Waals surface area contributed by atoms with E-state index in [4.69, 9.17) is 9.47 Å². The van der Waals surface area contributed by atoms with Gasteiger partial charge in [-0.15, -0.1) is 0 Å². The predicted octanol–water partition coefficient (Wildman–Crippen LogP) is 6.00. The predicted molar refractivity (Wildman–Crippen MR) is 121 cm³/mol. The Morgan fingerprint density at radius 3 is 2.27 bits per heavy atom. The molecule has 0 saturated heterocycles. The zero-order valence-electron chi connectivity index (χ0n) is 17.9. The molecule has 4 heteroatoms. The van der Waals surface area contributed by atoms with E-state index in [1.165, 1.54) is 0 Å². The smallest absolute Gasteiger partial charge is 0.407 e. The van der Waals surface area contributed by atoms with Crippen LogP contribution in [0.15, 0.2) is 78.9 Å². The number of nitrogens with one attached hydrogen (secondary N) is 1. The lowest BCUT2D eigenvalue weighted by atomic mass is 10.0. The molecule has 0 atom stereocenters. The number of alkyl carbamates (subject to hydrolysis) is 1. The van der Waals surface area contributed by atoms with Gasteiger partial charge in [0.25, 0.3) is 0 Å². The molecule has 0 unspecified atom stereocenters. The number of hydrogen-bond donors (Lipinski definition) is 1. The number of amides is 1. The summed E-state index contributed by atoms with van der Waals surface area (Å²) in [6, 6.07) is 26.6. The molecule has 0 heterocycles. The molecular formula is C26H29NO3. The van der Waals surface area contributed by atoms with Gasteiger partial charge in [0.15, 0.2) is 0 Å². The van der Waals surface area contributed by atoms with Crippen LogP contribution in [-0.4, -0.2) is 18.2 Å². The van der Waals surface area contributed by atoms with Gasteiger partial charge >= 0.3 is 6.09 Å². The second-order valence-electron chi connectivity index (χ2n) is 8.18. The Morgan fingerprint density at radius 2 is 1.57 bits per heavy atom. The molecule has 0 aliphatic carbocycles. The molecule has 1 amide bonds. The lowest BCUT2D eigenvalue weighted by Crippen LogP contribution is -2.33. The summed E-state index contributed by atoms with van der Waals surface area (Å²) in [4.78, 5) is 11.7. The van der Waals surface area contributed by atoms with E-state index in [1.807, 2.05) is 51.1 Å². The molecule has 3 aromatic carbocycles. The van der Waals surface area contributed by atoms with Crippen LogP contribution in [0, 0.1) is 0 Å². The lowest BCUT2D eigenvalue weighted by molar-refractivity contribution is 0.0528. The first-order valence-corrected chi connectivity index (χ1v) is 10.2. The van der Waals surface area contributed by atoms with E-state index >= 15 is 0 Å². The normalized spacial score (nSPS) is 11.0. The summed E-state index contributed by atoms with van der Waals surface area (Å²) >= 11 is 0. The molecule has 0 aromatic heterocycles. The third kappa shape index (κ3) is 6.96. The van der Waals surface area contributed by atoms with Crippen molar-refractivity contribution in [2.45, 2.75) is 39.4 Å². The van der Waals surface area contributed by atoms with E-state index in [9.17, 15) is 4.79 Å². The molecule has 0 spiro atoms. The molecule has 4 nitrogen and oxygen atoms in total. The molecule has 0 saturated carbocycles. The monoisotopic (exact) mass is 403 g/mol. The number of hydrogen-bond acceptors (Lipinski definition) is 3. The molecule has 0 aliphatic rings. The van der Waals surface area contributed by atoms with E-state index in [1.54, 1.807) is 0 Å². The Morgan fingerprint density at radius 1 is 0.833 bits per heavy atom. The summed E-state index contributed by atoms with van der Waals surface area (Å²) < 4.78 is 11.2. The summed E-state index contributed by atoms with van der Waals surface area (Å²) in [6.45, 7) is 6.65. The van der Waals surface area contributed by atoms with Crippen molar-refractivity contribution in [1.29, 1.82) is 0 Å². The van der Waals surface area contributed by atoms with E-state index in [2.05, 4.69) is 53.8 Å². The molecule has 30 heavy (non-hydrogen) atoms. The van der Waals surface area contributed by atoms with Gasteiger partial charge in [-0.2, -0.15) is 0 Å². The van der Waals surface area contributed by atoms with Crippen molar-refractivity contribution in [3.63, 3.8) is 0 Å². The van der Waals surface area contributed by atoms with Gasteiger partial charge < -0.3 is 14.8 Å². The van der Waals surface area contributed by atoms with Gasteiger partial charge in [-0.1, -0.05) is 66.7 Å². The third-order valence-corrected chi connectivity index (χ3v) is 4.45. The van der Waals surface area contributed by atoms with Gasteiger partial charge in [-0.05, 0) is 61.6 Å². The van der Waals surface area contributed by atoms with Crippen LogP contribution < -0.4 is 10.1 Å². The second-order valence-corrected chi connectivity index (χ2v) is 8.18. The fraction of sp³-hybridized carbons (Fsp3) is 0.269. The van der Waals surface area contributed by atoms with Crippen molar-refractivity contribution in [2.75, 3.05) is 6.54 Å². The molecule has 0 fully saturated rings. The van der Waals surface area contributed by atoms with Gasteiger partial charge in [-0.3, -0.25) is 0 Å². The van der Waals surface area contributed by atoms with E-state index < -0.39 is 5.60 Å². The quantitative estimate of drug-likeness (QED) is 0.526. The molecule has 1 N–H and O–H groups in total. The molecule has 3 aromatic rings. The number of ether oxygens (including phenoxy) is 2. The van der Waals surface area contributed by atoms with Crippen molar-refractivity contribution in [3.05, 3.63) is 90.0 Å². The van der Waals surface area contributed by atoms with Crippen LogP contribution in [0.1, 0.15) is 31.9 Å². The van der Waals surface area contributed by atoms with Crippen molar-refractivity contribution >= 4 is 6.09 Å².